The molecule has 0 saturated carbocycles. The molecule has 0 radical (unpaired) electrons. The number of hydrogen-bond donors (Lipinski definition) is 3. The molecule has 0 bridgehead atoms. The zero-order valence-corrected chi connectivity index (χ0v) is 18.5. The molecule has 1 aromatic heterocycles. The molecule has 0 spiro atoms. The van der Waals surface area contributed by atoms with Crippen LogP contribution in [-0.4, -0.2) is 51.9 Å². The van der Waals surface area contributed by atoms with Gasteiger partial charge in [-0.25, -0.2) is 0 Å². The van der Waals surface area contributed by atoms with Gasteiger partial charge in [0.25, 0.3) is 0 Å². The molecule has 3 heterocycles. The van der Waals surface area contributed by atoms with Crippen molar-refractivity contribution in [1.82, 2.24) is 14.9 Å². The van der Waals surface area contributed by atoms with E-state index >= 15 is 0 Å². The molecule has 8 nitrogen and oxygen atoms in total. The number of anilines is 3. The van der Waals surface area contributed by atoms with Gasteiger partial charge in [0.05, 0.1) is 12.6 Å². The molecule has 31 heavy (non-hydrogen) atoms. The first-order chi connectivity index (χ1) is 15.0. The number of fused-ring (bicyclic) bond motifs is 1. The molecule has 1 aromatic carbocycles. The number of aromatic nitrogens is 2. The molecule has 2 unspecified atom stereocenters. The van der Waals surface area contributed by atoms with Gasteiger partial charge in [-0.3, -0.25) is 4.90 Å². The fourth-order valence-electron chi connectivity index (χ4n) is 4.33. The van der Waals surface area contributed by atoms with Crippen LogP contribution in [0.15, 0.2) is 24.3 Å². The van der Waals surface area contributed by atoms with Crippen molar-refractivity contribution in [2.24, 2.45) is 0 Å². The smallest absolute Gasteiger partial charge is 0.320 e. The van der Waals surface area contributed by atoms with Gasteiger partial charge in [0, 0.05) is 13.1 Å². The number of aliphatic hydroxyl groups is 1. The van der Waals surface area contributed by atoms with E-state index in [2.05, 4.69) is 51.4 Å². The van der Waals surface area contributed by atoms with Crippen LogP contribution in [0.4, 0.5) is 17.3 Å². The minimum Gasteiger partial charge on any atom is -0.460 e. The van der Waals surface area contributed by atoms with Crippen LogP contribution in [0.1, 0.15) is 50.7 Å². The molecular formula is C23H34N6O2. The summed E-state index contributed by atoms with van der Waals surface area (Å²) in [4.78, 5) is 13.4. The first-order valence-electron chi connectivity index (χ1n) is 11.4. The number of nitrogen functional groups attached to an aromatic ring is 1. The van der Waals surface area contributed by atoms with E-state index in [0.29, 0.717) is 24.6 Å². The summed E-state index contributed by atoms with van der Waals surface area (Å²) in [6, 6.07) is 8.99. The second kappa shape index (κ2) is 9.70. The summed E-state index contributed by atoms with van der Waals surface area (Å²) < 4.78 is 5.88. The van der Waals surface area contributed by atoms with E-state index in [1.54, 1.807) is 0 Å². The van der Waals surface area contributed by atoms with Crippen LogP contribution in [-0.2, 0) is 13.1 Å². The highest BCUT2D eigenvalue weighted by Crippen LogP contribution is 2.35. The number of likely N-dealkylation sites (tertiary alicyclic amines) is 1. The minimum absolute atomic E-state index is 0.0150. The molecule has 1 fully saturated rings. The number of benzene rings is 1. The Kier molecular flexibility index (Phi) is 6.77. The van der Waals surface area contributed by atoms with Crippen molar-refractivity contribution in [1.29, 1.82) is 0 Å². The second-order valence-electron chi connectivity index (χ2n) is 8.65. The van der Waals surface area contributed by atoms with Crippen LogP contribution in [0.2, 0.25) is 0 Å². The van der Waals surface area contributed by atoms with E-state index in [9.17, 15) is 5.11 Å². The van der Waals surface area contributed by atoms with Crippen molar-refractivity contribution in [3.63, 3.8) is 0 Å². The molecule has 8 heteroatoms. The average molecular weight is 427 g/mol. The summed E-state index contributed by atoms with van der Waals surface area (Å²) in [6.45, 7) is 8.55. The average Bonchev–Trinajstić information content (AvgIpc) is 3.23. The van der Waals surface area contributed by atoms with Crippen LogP contribution < -0.4 is 20.7 Å². The third kappa shape index (κ3) is 5.37. The van der Waals surface area contributed by atoms with Gasteiger partial charge in [-0.1, -0.05) is 37.6 Å². The molecule has 2 aliphatic heterocycles. The van der Waals surface area contributed by atoms with E-state index in [4.69, 9.17) is 10.5 Å². The van der Waals surface area contributed by atoms with Crippen LogP contribution in [0.25, 0.3) is 0 Å². The summed E-state index contributed by atoms with van der Waals surface area (Å²) in [5.41, 5.74) is 9.22. The van der Waals surface area contributed by atoms with Crippen molar-refractivity contribution in [2.75, 3.05) is 35.6 Å². The van der Waals surface area contributed by atoms with Crippen molar-refractivity contribution < 1.29 is 9.84 Å². The highest BCUT2D eigenvalue weighted by molar-refractivity contribution is 5.78. The van der Waals surface area contributed by atoms with E-state index in [1.807, 2.05) is 11.8 Å². The highest BCUT2D eigenvalue weighted by Gasteiger charge is 2.28. The first kappa shape index (κ1) is 21.6. The Hall–Kier alpha value is -2.58. The van der Waals surface area contributed by atoms with E-state index in [1.165, 1.54) is 31.5 Å². The number of nitrogens with two attached hydrogens (primary N) is 1. The van der Waals surface area contributed by atoms with Gasteiger partial charge < -0.3 is 25.8 Å². The summed E-state index contributed by atoms with van der Waals surface area (Å²) in [7, 11) is 0. The summed E-state index contributed by atoms with van der Waals surface area (Å²) >= 11 is 0. The van der Waals surface area contributed by atoms with Gasteiger partial charge >= 0.3 is 6.01 Å². The van der Waals surface area contributed by atoms with Crippen molar-refractivity contribution in [3.05, 3.63) is 35.4 Å². The predicted molar refractivity (Wildman–Crippen MR) is 123 cm³/mol. The Labute approximate surface area is 184 Å². The number of ether oxygens (including phenoxy) is 1. The van der Waals surface area contributed by atoms with Gasteiger partial charge in [0.15, 0.2) is 11.6 Å². The first-order valence-corrected chi connectivity index (χ1v) is 11.4. The Balaban J connectivity index is 1.50. The number of hydrogen-bond acceptors (Lipinski definition) is 8. The maximum absolute atomic E-state index is 10.3. The Bertz CT molecular complexity index is 869. The molecule has 0 aliphatic carbocycles. The predicted octanol–water partition coefficient (Wildman–Crippen LogP) is 2.97. The van der Waals surface area contributed by atoms with Gasteiger partial charge in [0.1, 0.15) is 11.9 Å². The fraction of sp³-hybridized carbons (Fsp3) is 0.565. The fourth-order valence-corrected chi connectivity index (χ4v) is 4.33. The van der Waals surface area contributed by atoms with Crippen molar-refractivity contribution in [2.45, 2.75) is 65.0 Å². The lowest BCUT2D eigenvalue weighted by molar-refractivity contribution is 0.190. The Morgan fingerprint density at radius 1 is 1.16 bits per heavy atom. The van der Waals surface area contributed by atoms with E-state index in [0.717, 1.165) is 24.9 Å². The zero-order chi connectivity index (χ0) is 21.8. The lowest BCUT2D eigenvalue weighted by Gasteiger charge is -2.34. The third-order valence-electron chi connectivity index (χ3n) is 5.90. The molecule has 168 valence electrons. The monoisotopic (exact) mass is 426 g/mol. The topological polar surface area (TPSA) is 99.8 Å². The van der Waals surface area contributed by atoms with E-state index < -0.39 is 6.23 Å². The summed E-state index contributed by atoms with van der Waals surface area (Å²) in [6.07, 6.45) is 3.83. The lowest BCUT2D eigenvalue weighted by atomic mass is 10.1. The number of aliphatic hydroxyl groups excluding tert-OH is 1. The second-order valence-corrected chi connectivity index (χ2v) is 8.65. The van der Waals surface area contributed by atoms with Crippen LogP contribution in [0.3, 0.4) is 0 Å². The lowest BCUT2D eigenvalue weighted by Crippen LogP contribution is -2.42. The maximum atomic E-state index is 10.3. The maximum Gasteiger partial charge on any atom is 0.320 e. The summed E-state index contributed by atoms with van der Waals surface area (Å²) in [5, 5.41) is 13.3. The number of nitrogens with zero attached hydrogens (tertiary/aromatic N) is 4. The molecular weight excluding hydrogens is 392 g/mol. The Morgan fingerprint density at radius 2 is 1.84 bits per heavy atom. The van der Waals surface area contributed by atoms with Gasteiger partial charge in [-0.15, -0.1) is 0 Å². The molecule has 2 aromatic rings. The normalized spacial score (nSPS) is 19.7. The van der Waals surface area contributed by atoms with E-state index in [-0.39, 0.29) is 17.9 Å². The molecule has 1 saturated heterocycles. The van der Waals surface area contributed by atoms with Crippen LogP contribution in [0, 0.1) is 0 Å². The SMILES string of the molecule is CCCC(C)Oc1nc(N)c2c(n1)N(Cc1ccc(CN3CCCC3)cc1)CC(O)N2. The van der Waals surface area contributed by atoms with Gasteiger partial charge in [0.2, 0.25) is 0 Å². The zero-order valence-electron chi connectivity index (χ0n) is 18.5. The van der Waals surface area contributed by atoms with Gasteiger partial charge in [-0.2, -0.15) is 9.97 Å². The Morgan fingerprint density at radius 3 is 2.52 bits per heavy atom. The quantitative estimate of drug-likeness (QED) is 0.592. The van der Waals surface area contributed by atoms with Crippen molar-refractivity contribution >= 4 is 17.3 Å². The molecule has 2 aliphatic rings. The number of β-amino-alcohol motifs (C(OH)–C–C–N with tert-alkyl or cyclic N) is 1. The van der Waals surface area contributed by atoms with Crippen LogP contribution >= 0.6 is 0 Å². The number of rotatable bonds is 8. The molecule has 4 rings (SSSR count). The molecule has 0 amide bonds. The number of nitrogens with one attached hydrogen (secondary N) is 1. The summed E-state index contributed by atoms with van der Waals surface area (Å²) in [5.74, 6) is 0.950. The minimum atomic E-state index is -0.737. The highest BCUT2D eigenvalue weighted by atomic mass is 16.5. The van der Waals surface area contributed by atoms with Gasteiger partial charge in [-0.05, 0) is 50.4 Å². The van der Waals surface area contributed by atoms with Crippen LogP contribution in [0.5, 0.6) is 6.01 Å². The molecule has 4 N–H and O–H groups in total. The van der Waals surface area contributed by atoms with Crippen molar-refractivity contribution in [3.8, 4) is 6.01 Å². The third-order valence-corrected chi connectivity index (χ3v) is 5.90. The standard InChI is InChI=1S/C23H34N6O2/c1-3-6-16(2)31-23-26-21(24)20-22(27-23)29(15-19(30)25-20)14-18-9-7-17(8-10-18)13-28-11-4-5-12-28/h7-10,16,19,25,30H,3-6,11-15H2,1-2H3,(H2,24,26,27). The largest absolute Gasteiger partial charge is 0.460 e. The molecule has 2 atom stereocenters.